The summed E-state index contributed by atoms with van der Waals surface area (Å²) in [7, 11) is 0. The van der Waals surface area contributed by atoms with Gasteiger partial charge in [0, 0.05) is 12.6 Å². The van der Waals surface area contributed by atoms with Crippen molar-refractivity contribution in [3.8, 4) is 0 Å². The molecule has 6 heteroatoms. The largest absolute Gasteiger partial charge is 0.481 e. The van der Waals surface area contributed by atoms with Crippen LogP contribution >= 0.6 is 0 Å². The molecule has 0 saturated heterocycles. The van der Waals surface area contributed by atoms with Crippen LogP contribution in [0.1, 0.15) is 26.6 Å². The van der Waals surface area contributed by atoms with Crippen LogP contribution in [0.4, 0.5) is 0 Å². The van der Waals surface area contributed by atoms with Crippen molar-refractivity contribution in [2.45, 2.75) is 39.9 Å². The van der Waals surface area contributed by atoms with E-state index in [4.69, 9.17) is 5.11 Å². The van der Waals surface area contributed by atoms with Gasteiger partial charge in [-0.05, 0) is 13.8 Å². The molecule has 0 saturated carbocycles. The van der Waals surface area contributed by atoms with Crippen molar-refractivity contribution in [1.82, 2.24) is 20.1 Å². The maximum Gasteiger partial charge on any atom is 0.307 e. The molecular formula is C10H18N4O2. The minimum atomic E-state index is -0.794. The van der Waals surface area contributed by atoms with Crippen molar-refractivity contribution in [3.63, 3.8) is 0 Å². The molecule has 2 atom stereocenters. The molecule has 0 aliphatic heterocycles. The topological polar surface area (TPSA) is 80.0 Å². The average molecular weight is 226 g/mol. The molecular weight excluding hydrogens is 208 g/mol. The van der Waals surface area contributed by atoms with Gasteiger partial charge < -0.3 is 15.0 Å². The number of aliphatic carboxylic acids is 1. The molecule has 1 aromatic heterocycles. The Kier molecular flexibility index (Phi) is 4.42. The highest BCUT2D eigenvalue weighted by atomic mass is 16.4. The van der Waals surface area contributed by atoms with Gasteiger partial charge in [0.15, 0.2) is 0 Å². The summed E-state index contributed by atoms with van der Waals surface area (Å²) < 4.78 is 1.92. The van der Waals surface area contributed by atoms with E-state index in [1.807, 2.05) is 18.4 Å². The Morgan fingerprint density at radius 2 is 2.31 bits per heavy atom. The summed E-state index contributed by atoms with van der Waals surface area (Å²) in [5.41, 5.74) is 0. The van der Waals surface area contributed by atoms with E-state index in [1.54, 1.807) is 13.3 Å². The predicted octanol–water partition coefficient (Wildman–Crippen LogP) is 0.497. The number of nitrogens with zero attached hydrogens (tertiary/aromatic N) is 3. The van der Waals surface area contributed by atoms with Crippen LogP contribution in [-0.2, 0) is 17.9 Å². The monoisotopic (exact) mass is 226 g/mol. The lowest BCUT2D eigenvalue weighted by Crippen LogP contribution is -2.36. The van der Waals surface area contributed by atoms with Crippen LogP contribution in [-0.4, -0.2) is 31.9 Å². The van der Waals surface area contributed by atoms with Crippen LogP contribution in [0.25, 0.3) is 0 Å². The second-order valence-electron chi connectivity index (χ2n) is 3.83. The molecule has 0 aliphatic rings. The van der Waals surface area contributed by atoms with Gasteiger partial charge in [-0.2, -0.15) is 0 Å². The van der Waals surface area contributed by atoms with E-state index in [1.165, 1.54) is 0 Å². The molecule has 16 heavy (non-hydrogen) atoms. The quantitative estimate of drug-likeness (QED) is 0.738. The average Bonchev–Trinajstić information content (AvgIpc) is 2.71. The second-order valence-corrected chi connectivity index (χ2v) is 3.83. The lowest BCUT2D eigenvalue weighted by molar-refractivity contribution is -0.141. The van der Waals surface area contributed by atoms with Crippen LogP contribution in [0.15, 0.2) is 6.33 Å². The Hall–Kier alpha value is -1.43. The van der Waals surface area contributed by atoms with Gasteiger partial charge in [0.2, 0.25) is 0 Å². The van der Waals surface area contributed by atoms with E-state index in [0.717, 1.165) is 12.4 Å². The summed E-state index contributed by atoms with van der Waals surface area (Å²) in [6.07, 6.45) is 1.67. The summed E-state index contributed by atoms with van der Waals surface area (Å²) >= 11 is 0. The van der Waals surface area contributed by atoms with Crippen molar-refractivity contribution in [2.75, 3.05) is 0 Å². The molecule has 1 aromatic rings. The zero-order chi connectivity index (χ0) is 12.1. The zero-order valence-corrected chi connectivity index (χ0v) is 9.84. The van der Waals surface area contributed by atoms with E-state index in [9.17, 15) is 4.79 Å². The smallest absolute Gasteiger partial charge is 0.307 e. The molecule has 0 bridgehead atoms. The normalized spacial score (nSPS) is 14.7. The van der Waals surface area contributed by atoms with E-state index in [0.29, 0.717) is 6.54 Å². The first-order valence-electron chi connectivity index (χ1n) is 5.39. The number of carboxylic acid groups (broad SMARTS) is 1. The fourth-order valence-corrected chi connectivity index (χ4v) is 1.32. The fourth-order valence-electron chi connectivity index (χ4n) is 1.32. The molecule has 0 spiro atoms. The van der Waals surface area contributed by atoms with Crippen molar-refractivity contribution in [2.24, 2.45) is 5.92 Å². The number of hydrogen-bond donors (Lipinski definition) is 2. The van der Waals surface area contributed by atoms with E-state index < -0.39 is 11.9 Å². The summed E-state index contributed by atoms with van der Waals surface area (Å²) in [5, 5.41) is 19.7. The molecule has 1 rings (SSSR count). The number of nitrogens with one attached hydrogen (secondary N) is 1. The Morgan fingerprint density at radius 1 is 1.62 bits per heavy atom. The summed E-state index contributed by atoms with van der Waals surface area (Å²) in [5.74, 6) is -0.387. The Balaban J connectivity index is 2.48. The first-order valence-corrected chi connectivity index (χ1v) is 5.39. The maximum atomic E-state index is 10.8. The lowest BCUT2D eigenvalue weighted by atomic mass is 10.0. The van der Waals surface area contributed by atoms with Gasteiger partial charge in [0.05, 0.1) is 12.5 Å². The number of rotatable bonds is 6. The molecule has 1 heterocycles. The number of hydrogen-bond acceptors (Lipinski definition) is 4. The Bertz CT molecular complexity index is 350. The number of carbonyl (C=O) groups is 1. The van der Waals surface area contributed by atoms with E-state index in [2.05, 4.69) is 15.5 Å². The van der Waals surface area contributed by atoms with Crippen LogP contribution in [0, 0.1) is 5.92 Å². The molecule has 2 unspecified atom stereocenters. The highest BCUT2D eigenvalue weighted by molar-refractivity contribution is 5.70. The van der Waals surface area contributed by atoms with Gasteiger partial charge in [-0.25, -0.2) is 0 Å². The molecule has 0 fully saturated rings. The Morgan fingerprint density at radius 3 is 2.88 bits per heavy atom. The summed E-state index contributed by atoms with van der Waals surface area (Å²) in [6, 6.07) is -0.0977. The van der Waals surface area contributed by atoms with E-state index >= 15 is 0 Å². The van der Waals surface area contributed by atoms with Crippen molar-refractivity contribution in [3.05, 3.63) is 12.2 Å². The molecule has 2 N–H and O–H groups in total. The summed E-state index contributed by atoms with van der Waals surface area (Å²) in [4.78, 5) is 10.8. The maximum absolute atomic E-state index is 10.8. The van der Waals surface area contributed by atoms with Gasteiger partial charge in [-0.1, -0.05) is 6.92 Å². The van der Waals surface area contributed by atoms with Gasteiger partial charge in [-0.3, -0.25) is 4.79 Å². The number of carboxylic acids is 1. The van der Waals surface area contributed by atoms with Gasteiger partial charge in [0.25, 0.3) is 0 Å². The van der Waals surface area contributed by atoms with Gasteiger partial charge in [0.1, 0.15) is 12.2 Å². The van der Waals surface area contributed by atoms with E-state index in [-0.39, 0.29) is 6.04 Å². The minimum Gasteiger partial charge on any atom is -0.481 e. The molecule has 0 amide bonds. The summed E-state index contributed by atoms with van der Waals surface area (Å²) in [6.45, 7) is 6.89. The first kappa shape index (κ1) is 12.6. The highest BCUT2D eigenvalue weighted by Crippen LogP contribution is 2.03. The van der Waals surface area contributed by atoms with Crippen LogP contribution in [0.3, 0.4) is 0 Å². The van der Waals surface area contributed by atoms with Crippen molar-refractivity contribution < 1.29 is 9.90 Å². The second kappa shape index (κ2) is 5.60. The number of aromatic nitrogens is 3. The molecule has 0 aliphatic carbocycles. The SMILES string of the molecule is CCn1cnnc1CNC(C)C(C)C(=O)O. The third-order valence-electron chi connectivity index (χ3n) is 2.76. The third kappa shape index (κ3) is 3.03. The van der Waals surface area contributed by atoms with Crippen LogP contribution < -0.4 is 5.32 Å². The third-order valence-corrected chi connectivity index (χ3v) is 2.76. The molecule has 90 valence electrons. The van der Waals surface area contributed by atoms with Crippen molar-refractivity contribution in [1.29, 1.82) is 0 Å². The van der Waals surface area contributed by atoms with Gasteiger partial charge >= 0.3 is 5.97 Å². The highest BCUT2D eigenvalue weighted by Gasteiger charge is 2.19. The Labute approximate surface area is 94.7 Å². The number of aryl methyl sites for hydroxylation is 1. The standard InChI is InChI=1S/C10H18N4O2/c1-4-14-6-12-13-9(14)5-11-8(3)7(2)10(15)16/h6-8,11H,4-5H2,1-3H3,(H,15,16). The van der Waals surface area contributed by atoms with Crippen LogP contribution in [0.5, 0.6) is 0 Å². The molecule has 0 radical (unpaired) electrons. The first-order chi connectivity index (χ1) is 7.56. The molecule has 0 aromatic carbocycles. The van der Waals surface area contributed by atoms with Crippen LogP contribution in [0.2, 0.25) is 0 Å². The minimum absolute atomic E-state index is 0.0977. The predicted molar refractivity (Wildman–Crippen MR) is 58.8 cm³/mol. The lowest BCUT2D eigenvalue weighted by Gasteiger charge is -2.17. The van der Waals surface area contributed by atoms with Gasteiger partial charge in [-0.15, -0.1) is 10.2 Å². The molecule has 6 nitrogen and oxygen atoms in total. The zero-order valence-electron chi connectivity index (χ0n) is 9.84. The van der Waals surface area contributed by atoms with Crippen molar-refractivity contribution >= 4 is 5.97 Å². The fraction of sp³-hybridized carbons (Fsp3) is 0.700.